The zero-order chi connectivity index (χ0) is 14.5. The van der Waals surface area contributed by atoms with Gasteiger partial charge >= 0.3 is 0 Å². The molecule has 0 bridgehead atoms. The minimum Gasteiger partial charge on any atom is -0.493 e. The lowest BCUT2D eigenvalue weighted by atomic mass is 10.1. The molecule has 4 heteroatoms. The first-order valence-corrected chi connectivity index (χ1v) is 6.38. The molecule has 0 saturated carbocycles. The van der Waals surface area contributed by atoms with Crippen molar-refractivity contribution in [3.8, 4) is 17.2 Å². The molecule has 0 atom stereocenters. The Morgan fingerprint density at radius 3 is 2.10 bits per heavy atom. The van der Waals surface area contributed by atoms with Crippen molar-refractivity contribution < 1.29 is 14.2 Å². The van der Waals surface area contributed by atoms with E-state index in [1.807, 2.05) is 24.4 Å². The van der Waals surface area contributed by atoms with Crippen molar-refractivity contribution in [1.82, 2.24) is 4.98 Å². The third-order valence-corrected chi connectivity index (χ3v) is 3.08. The van der Waals surface area contributed by atoms with Gasteiger partial charge in [0.25, 0.3) is 0 Å². The SMILES string of the molecule is COc1cc(Cc2cc(C)ccn2)cc(OC)c1OC. The van der Waals surface area contributed by atoms with Crippen LogP contribution in [0.25, 0.3) is 0 Å². The monoisotopic (exact) mass is 273 g/mol. The Morgan fingerprint density at radius 2 is 1.60 bits per heavy atom. The maximum absolute atomic E-state index is 5.36. The van der Waals surface area contributed by atoms with Crippen molar-refractivity contribution in [1.29, 1.82) is 0 Å². The third kappa shape index (κ3) is 3.02. The van der Waals surface area contributed by atoms with Crippen LogP contribution in [-0.2, 0) is 6.42 Å². The molecule has 20 heavy (non-hydrogen) atoms. The molecule has 0 aliphatic heterocycles. The molecule has 1 heterocycles. The molecular formula is C16H19NO3. The van der Waals surface area contributed by atoms with Gasteiger partial charge in [-0.1, -0.05) is 0 Å². The van der Waals surface area contributed by atoms with Crippen LogP contribution in [-0.4, -0.2) is 26.3 Å². The fourth-order valence-electron chi connectivity index (χ4n) is 2.14. The van der Waals surface area contributed by atoms with Gasteiger partial charge in [0, 0.05) is 18.3 Å². The van der Waals surface area contributed by atoms with Crippen LogP contribution in [0.3, 0.4) is 0 Å². The second kappa shape index (κ2) is 6.28. The number of rotatable bonds is 5. The van der Waals surface area contributed by atoms with E-state index < -0.39 is 0 Å². The van der Waals surface area contributed by atoms with Crippen LogP contribution in [0.1, 0.15) is 16.8 Å². The van der Waals surface area contributed by atoms with Crippen LogP contribution < -0.4 is 14.2 Å². The van der Waals surface area contributed by atoms with Crippen molar-refractivity contribution in [2.45, 2.75) is 13.3 Å². The number of aromatic nitrogens is 1. The fraction of sp³-hybridized carbons (Fsp3) is 0.312. The van der Waals surface area contributed by atoms with Crippen molar-refractivity contribution in [3.63, 3.8) is 0 Å². The van der Waals surface area contributed by atoms with E-state index >= 15 is 0 Å². The molecule has 0 N–H and O–H groups in total. The topological polar surface area (TPSA) is 40.6 Å². The summed E-state index contributed by atoms with van der Waals surface area (Å²) in [5, 5.41) is 0. The highest BCUT2D eigenvalue weighted by atomic mass is 16.5. The van der Waals surface area contributed by atoms with Crippen LogP contribution in [0.5, 0.6) is 17.2 Å². The zero-order valence-electron chi connectivity index (χ0n) is 12.3. The number of methoxy groups -OCH3 is 3. The van der Waals surface area contributed by atoms with E-state index in [0.717, 1.165) is 17.7 Å². The summed E-state index contributed by atoms with van der Waals surface area (Å²) in [6.45, 7) is 2.06. The number of hydrogen-bond donors (Lipinski definition) is 0. The molecular weight excluding hydrogens is 254 g/mol. The summed E-state index contributed by atoms with van der Waals surface area (Å²) in [4.78, 5) is 4.38. The summed E-state index contributed by atoms with van der Waals surface area (Å²) in [5.74, 6) is 1.93. The third-order valence-electron chi connectivity index (χ3n) is 3.08. The van der Waals surface area contributed by atoms with Crippen LogP contribution in [0.2, 0.25) is 0 Å². The minimum atomic E-state index is 0.607. The summed E-state index contributed by atoms with van der Waals surface area (Å²) in [5.41, 5.74) is 3.28. The van der Waals surface area contributed by atoms with Gasteiger partial charge in [-0.25, -0.2) is 0 Å². The molecule has 1 aromatic carbocycles. The van der Waals surface area contributed by atoms with Crippen LogP contribution in [0.15, 0.2) is 30.5 Å². The van der Waals surface area contributed by atoms with Crippen LogP contribution in [0, 0.1) is 6.92 Å². The molecule has 0 fully saturated rings. The predicted octanol–water partition coefficient (Wildman–Crippen LogP) is 3.01. The van der Waals surface area contributed by atoms with Gasteiger partial charge in [-0.3, -0.25) is 4.98 Å². The second-order valence-corrected chi connectivity index (χ2v) is 4.53. The van der Waals surface area contributed by atoms with E-state index in [1.54, 1.807) is 21.3 Å². The van der Waals surface area contributed by atoms with Gasteiger partial charge < -0.3 is 14.2 Å². The van der Waals surface area contributed by atoms with Crippen molar-refractivity contribution in [2.75, 3.05) is 21.3 Å². The molecule has 0 radical (unpaired) electrons. The molecule has 2 aromatic rings. The lowest BCUT2D eigenvalue weighted by molar-refractivity contribution is 0.324. The van der Waals surface area contributed by atoms with Crippen LogP contribution >= 0.6 is 0 Å². The standard InChI is InChI=1S/C16H19NO3/c1-11-5-6-17-13(7-11)8-12-9-14(18-2)16(20-4)15(10-12)19-3/h5-7,9-10H,8H2,1-4H3. The van der Waals surface area contributed by atoms with Gasteiger partial charge in [0.05, 0.1) is 21.3 Å². The van der Waals surface area contributed by atoms with E-state index in [2.05, 4.69) is 18.0 Å². The molecule has 0 unspecified atom stereocenters. The normalized spacial score (nSPS) is 10.2. The first kappa shape index (κ1) is 14.2. The van der Waals surface area contributed by atoms with Gasteiger partial charge in [-0.15, -0.1) is 0 Å². The number of ether oxygens (including phenoxy) is 3. The fourth-order valence-corrected chi connectivity index (χ4v) is 2.14. The average Bonchev–Trinajstić information content (AvgIpc) is 2.46. The second-order valence-electron chi connectivity index (χ2n) is 4.53. The lowest BCUT2D eigenvalue weighted by Crippen LogP contribution is -1.98. The molecule has 4 nitrogen and oxygen atoms in total. The highest BCUT2D eigenvalue weighted by molar-refractivity contribution is 5.54. The molecule has 0 spiro atoms. The Balaban J connectivity index is 2.37. The lowest BCUT2D eigenvalue weighted by Gasteiger charge is -2.14. The molecule has 0 aliphatic rings. The quantitative estimate of drug-likeness (QED) is 0.839. The number of pyridine rings is 1. The first-order chi connectivity index (χ1) is 9.67. The summed E-state index contributed by atoms with van der Waals surface area (Å²) >= 11 is 0. The number of nitrogens with zero attached hydrogens (tertiary/aromatic N) is 1. The van der Waals surface area contributed by atoms with Gasteiger partial charge in [0.15, 0.2) is 11.5 Å². The zero-order valence-corrected chi connectivity index (χ0v) is 12.3. The molecule has 0 saturated heterocycles. The molecule has 2 rings (SSSR count). The Labute approximate surface area is 119 Å². The Hall–Kier alpha value is -2.23. The molecule has 106 valence electrons. The van der Waals surface area contributed by atoms with E-state index in [1.165, 1.54) is 5.56 Å². The van der Waals surface area contributed by atoms with Gasteiger partial charge in [0.2, 0.25) is 5.75 Å². The highest BCUT2D eigenvalue weighted by Crippen LogP contribution is 2.38. The van der Waals surface area contributed by atoms with Gasteiger partial charge in [0.1, 0.15) is 0 Å². The summed E-state index contributed by atoms with van der Waals surface area (Å²) < 4.78 is 16.0. The maximum Gasteiger partial charge on any atom is 0.203 e. The summed E-state index contributed by atoms with van der Waals surface area (Å²) in [6, 6.07) is 7.96. The van der Waals surface area contributed by atoms with E-state index in [4.69, 9.17) is 14.2 Å². The van der Waals surface area contributed by atoms with Crippen molar-refractivity contribution in [2.24, 2.45) is 0 Å². The smallest absolute Gasteiger partial charge is 0.203 e. The molecule has 1 aromatic heterocycles. The summed E-state index contributed by atoms with van der Waals surface area (Å²) in [6.07, 6.45) is 2.54. The van der Waals surface area contributed by atoms with Crippen molar-refractivity contribution in [3.05, 3.63) is 47.3 Å². The number of benzene rings is 1. The minimum absolute atomic E-state index is 0.607. The average molecular weight is 273 g/mol. The Kier molecular flexibility index (Phi) is 4.45. The largest absolute Gasteiger partial charge is 0.493 e. The number of hydrogen-bond acceptors (Lipinski definition) is 4. The van der Waals surface area contributed by atoms with Crippen molar-refractivity contribution >= 4 is 0 Å². The van der Waals surface area contributed by atoms with Gasteiger partial charge in [-0.2, -0.15) is 0 Å². The first-order valence-electron chi connectivity index (χ1n) is 6.38. The van der Waals surface area contributed by atoms with E-state index in [9.17, 15) is 0 Å². The maximum atomic E-state index is 5.36. The summed E-state index contributed by atoms with van der Waals surface area (Å²) in [7, 11) is 4.83. The Morgan fingerprint density at radius 1 is 0.950 bits per heavy atom. The molecule has 0 aliphatic carbocycles. The van der Waals surface area contributed by atoms with E-state index in [0.29, 0.717) is 17.2 Å². The number of aryl methyl sites for hydroxylation is 1. The van der Waals surface area contributed by atoms with Crippen LogP contribution in [0.4, 0.5) is 0 Å². The molecule has 0 amide bonds. The Bertz CT molecular complexity index is 571. The predicted molar refractivity (Wildman–Crippen MR) is 77.9 cm³/mol. The highest BCUT2D eigenvalue weighted by Gasteiger charge is 2.13. The van der Waals surface area contributed by atoms with Gasteiger partial charge in [-0.05, 0) is 42.3 Å². The van der Waals surface area contributed by atoms with E-state index in [-0.39, 0.29) is 0 Å².